The molecule has 2 aromatic rings. The summed E-state index contributed by atoms with van der Waals surface area (Å²) in [5.74, 6) is 1.26. The topological polar surface area (TPSA) is 84.7 Å². The molecule has 16 heavy (non-hydrogen) atoms. The number of H-pyrrole nitrogens is 1. The molecule has 6 nitrogen and oxygen atoms in total. The first-order valence-electron chi connectivity index (χ1n) is 4.30. The van der Waals surface area contributed by atoms with E-state index in [0.717, 1.165) is 5.56 Å². The van der Waals surface area contributed by atoms with Crippen LogP contribution in [-0.2, 0) is 0 Å². The molecule has 1 N–H and O–H groups in total. The van der Waals surface area contributed by atoms with Crippen LogP contribution in [0.5, 0.6) is 0 Å². The average molecular weight is 243 g/mol. The van der Waals surface area contributed by atoms with Gasteiger partial charge in [0, 0.05) is 17.7 Å². The number of nitro benzene ring substituents is 1. The Morgan fingerprint density at radius 3 is 2.38 bits per heavy atom. The smallest absolute Gasteiger partial charge is 0.263 e. The summed E-state index contributed by atoms with van der Waals surface area (Å²) < 4.78 is 0. The fraction of sp³-hybridized carbons (Fsp3) is 0.111. The molecule has 76 valence electrons. The van der Waals surface area contributed by atoms with E-state index in [2.05, 4.69) is 15.2 Å². The Kier molecular flexibility index (Phi) is 4.75. The molecule has 0 radical (unpaired) electrons. The number of nitrogens with zero attached hydrogens (tertiary/aromatic N) is 3. The summed E-state index contributed by atoms with van der Waals surface area (Å²) in [6, 6.07) is 6.11. The van der Waals surface area contributed by atoms with Crippen molar-refractivity contribution in [1.29, 1.82) is 0 Å². The summed E-state index contributed by atoms with van der Waals surface area (Å²) in [6.45, 7) is 1.79. The summed E-state index contributed by atoms with van der Waals surface area (Å²) in [5.41, 5.74) is 0.816. The van der Waals surface area contributed by atoms with E-state index >= 15 is 0 Å². The van der Waals surface area contributed by atoms with Gasteiger partial charge < -0.3 is 0 Å². The van der Waals surface area contributed by atoms with Crippen LogP contribution < -0.4 is 51.4 Å². The van der Waals surface area contributed by atoms with E-state index in [0.29, 0.717) is 11.6 Å². The van der Waals surface area contributed by atoms with Gasteiger partial charge in [0.05, 0.1) is 4.92 Å². The number of aromatic amines is 1. The first-order chi connectivity index (χ1) is 7.16. The van der Waals surface area contributed by atoms with Crippen LogP contribution in [0.4, 0.5) is 5.69 Å². The van der Waals surface area contributed by atoms with Crippen molar-refractivity contribution in [3.05, 3.63) is 40.2 Å². The Morgan fingerprint density at radius 2 is 1.94 bits per heavy atom. The predicted octanol–water partition coefficient (Wildman–Crippen LogP) is -1.31. The third kappa shape index (κ3) is 2.95. The maximum absolute atomic E-state index is 10.4. The minimum absolute atomic E-state index is 0. The van der Waals surface area contributed by atoms with Gasteiger partial charge in [-0.2, -0.15) is 5.10 Å². The van der Waals surface area contributed by atoms with Crippen molar-refractivity contribution in [3.63, 3.8) is 0 Å². The van der Waals surface area contributed by atoms with E-state index in [1.807, 2.05) is 0 Å². The predicted molar refractivity (Wildman–Crippen MR) is 53.2 cm³/mol. The molecule has 1 aromatic heterocycles. The average Bonchev–Trinajstić information content (AvgIpc) is 2.65. The minimum Gasteiger partial charge on any atom is -0.263 e. The van der Waals surface area contributed by atoms with Crippen molar-refractivity contribution in [2.24, 2.45) is 0 Å². The van der Waals surface area contributed by atoms with Crippen molar-refractivity contribution in [2.45, 2.75) is 6.92 Å². The molecule has 0 fully saturated rings. The largest absolute Gasteiger partial charge is 1.00 e. The molecule has 1 aromatic carbocycles. The number of hydrogen-bond acceptors (Lipinski definition) is 4. The number of aromatic nitrogens is 3. The summed E-state index contributed by atoms with van der Waals surface area (Å²) >= 11 is 0. The van der Waals surface area contributed by atoms with E-state index in [-0.39, 0.29) is 57.1 Å². The third-order valence-electron chi connectivity index (χ3n) is 1.93. The minimum atomic E-state index is -0.437. The Morgan fingerprint density at radius 1 is 1.31 bits per heavy atom. The van der Waals surface area contributed by atoms with Crippen molar-refractivity contribution >= 4 is 5.69 Å². The van der Waals surface area contributed by atoms with E-state index in [1.54, 1.807) is 19.1 Å². The van der Waals surface area contributed by atoms with E-state index in [1.165, 1.54) is 12.1 Å². The van der Waals surface area contributed by atoms with Gasteiger partial charge in [0.25, 0.3) is 5.69 Å². The molecule has 2 rings (SSSR count). The monoisotopic (exact) mass is 243 g/mol. The second-order valence-electron chi connectivity index (χ2n) is 3.05. The Hall–Kier alpha value is -0.604. The van der Waals surface area contributed by atoms with Crippen LogP contribution in [0.1, 0.15) is 5.82 Å². The van der Waals surface area contributed by atoms with Crippen LogP contribution in [0.25, 0.3) is 11.4 Å². The van der Waals surface area contributed by atoms with Crippen LogP contribution in [0.3, 0.4) is 0 Å². The third-order valence-corrected chi connectivity index (χ3v) is 1.93. The summed E-state index contributed by atoms with van der Waals surface area (Å²) in [6.07, 6.45) is 0. The number of hydrogen-bond donors (Lipinski definition) is 1. The second kappa shape index (κ2) is 5.64. The zero-order valence-electron chi connectivity index (χ0n) is 8.97. The summed E-state index contributed by atoms with van der Waals surface area (Å²) in [5, 5.41) is 17.1. The van der Waals surface area contributed by atoms with Crippen LogP contribution >= 0.6 is 0 Å². The number of aryl methyl sites for hydroxylation is 1. The number of nitro groups is 1. The van der Waals surface area contributed by atoms with Crippen LogP contribution in [0.2, 0.25) is 0 Å². The Balaban J connectivity index is 0.00000128. The SMILES string of the molecule is Cc1nc(-c2ccc([N+](=O)[O-])cc2)n[nH]1.[K+]. The van der Waals surface area contributed by atoms with Gasteiger partial charge in [-0.1, -0.05) is 0 Å². The molecule has 0 saturated carbocycles. The summed E-state index contributed by atoms with van der Waals surface area (Å²) in [4.78, 5) is 14.1. The Bertz CT molecular complexity index is 494. The normalized spacial score (nSPS) is 9.56. The second-order valence-corrected chi connectivity index (χ2v) is 3.05. The molecular weight excluding hydrogens is 235 g/mol. The van der Waals surface area contributed by atoms with E-state index < -0.39 is 4.92 Å². The van der Waals surface area contributed by atoms with Gasteiger partial charge in [-0.25, -0.2) is 4.98 Å². The van der Waals surface area contributed by atoms with Crippen molar-refractivity contribution < 1.29 is 56.3 Å². The van der Waals surface area contributed by atoms with Crippen molar-refractivity contribution in [3.8, 4) is 11.4 Å². The fourth-order valence-electron chi connectivity index (χ4n) is 1.20. The summed E-state index contributed by atoms with van der Waals surface area (Å²) in [7, 11) is 0. The zero-order chi connectivity index (χ0) is 10.8. The quantitative estimate of drug-likeness (QED) is 0.403. The molecule has 0 bridgehead atoms. The van der Waals surface area contributed by atoms with Gasteiger partial charge in [0.2, 0.25) is 0 Å². The molecule has 0 spiro atoms. The number of rotatable bonds is 2. The van der Waals surface area contributed by atoms with Gasteiger partial charge >= 0.3 is 51.4 Å². The van der Waals surface area contributed by atoms with Crippen LogP contribution in [0.15, 0.2) is 24.3 Å². The first-order valence-corrected chi connectivity index (χ1v) is 4.30. The molecule has 0 saturated heterocycles. The maximum atomic E-state index is 10.4. The molecule has 7 heteroatoms. The van der Waals surface area contributed by atoms with Gasteiger partial charge in [0.1, 0.15) is 5.82 Å². The number of benzene rings is 1. The first kappa shape index (κ1) is 13.5. The number of non-ortho nitro benzene ring substituents is 1. The molecule has 0 aliphatic carbocycles. The van der Waals surface area contributed by atoms with Crippen LogP contribution in [0, 0.1) is 17.0 Å². The van der Waals surface area contributed by atoms with Crippen molar-refractivity contribution in [1.82, 2.24) is 15.2 Å². The van der Waals surface area contributed by atoms with E-state index in [4.69, 9.17) is 0 Å². The number of nitrogens with one attached hydrogen (secondary N) is 1. The Labute approximate surface area is 134 Å². The molecule has 0 aliphatic heterocycles. The maximum Gasteiger partial charge on any atom is 1.00 e. The van der Waals surface area contributed by atoms with Gasteiger partial charge in [-0.05, 0) is 19.1 Å². The van der Waals surface area contributed by atoms with Gasteiger partial charge in [-0.15, -0.1) is 0 Å². The molecule has 0 aliphatic rings. The fourth-order valence-corrected chi connectivity index (χ4v) is 1.20. The standard InChI is InChI=1S/C9H8N4O2.K/c1-6-10-9(12-11-6)7-2-4-8(5-3-7)13(14)15;/h2-5H,1H3,(H,10,11,12);/q;+1. The molecule has 0 atom stereocenters. The zero-order valence-corrected chi connectivity index (χ0v) is 12.1. The molecule has 0 unspecified atom stereocenters. The van der Waals surface area contributed by atoms with Gasteiger partial charge in [-0.3, -0.25) is 15.2 Å². The molecule has 1 heterocycles. The molecule has 0 amide bonds. The molecular formula is C9H8KN4O2+. The van der Waals surface area contributed by atoms with Gasteiger partial charge in [0.15, 0.2) is 5.82 Å². The van der Waals surface area contributed by atoms with Crippen LogP contribution in [-0.4, -0.2) is 20.1 Å². The van der Waals surface area contributed by atoms with Crippen molar-refractivity contribution in [2.75, 3.05) is 0 Å². The van der Waals surface area contributed by atoms with E-state index in [9.17, 15) is 10.1 Å².